The molecule has 0 atom stereocenters. The van der Waals surface area contributed by atoms with E-state index in [1.54, 1.807) is 10.9 Å². The number of likely N-dealkylation sites (tertiary alicyclic amines) is 1. The average molecular weight is 451 g/mol. The summed E-state index contributed by atoms with van der Waals surface area (Å²) in [5, 5.41) is 12.7. The fourth-order valence-corrected chi connectivity index (χ4v) is 3.95. The van der Waals surface area contributed by atoms with Crippen molar-refractivity contribution in [1.29, 1.82) is 0 Å². The highest BCUT2D eigenvalue weighted by Gasteiger charge is 2.27. The number of nitrogens with one attached hydrogen (secondary N) is 1. The average Bonchev–Trinajstić information content (AvgIpc) is 3.12. The first-order valence-electron chi connectivity index (χ1n) is 9.89. The molecule has 1 N–H and O–H groups in total. The van der Waals surface area contributed by atoms with Gasteiger partial charge in [0.15, 0.2) is 5.69 Å². The molecule has 162 valence electrons. The third-order valence-electron chi connectivity index (χ3n) is 5.65. The topological polar surface area (TPSA) is 75.9 Å². The molecular formula is C21H28Cl2N6O. The summed E-state index contributed by atoms with van der Waals surface area (Å²) in [5.41, 5.74) is 2.99. The molecule has 0 radical (unpaired) electrons. The zero-order valence-corrected chi connectivity index (χ0v) is 18.9. The van der Waals surface area contributed by atoms with Gasteiger partial charge in [-0.15, -0.1) is 29.9 Å². The van der Waals surface area contributed by atoms with Gasteiger partial charge in [-0.25, -0.2) is 4.68 Å². The van der Waals surface area contributed by atoms with E-state index in [1.807, 2.05) is 49.2 Å². The van der Waals surface area contributed by atoms with Crippen LogP contribution in [0.15, 0.2) is 36.5 Å². The molecule has 30 heavy (non-hydrogen) atoms. The minimum absolute atomic E-state index is 0. The van der Waals surface area contributed by atoms with Crippen molar-refractivity contribution in [3.8, 4) is 5.69 Å². The lowest BCUT2D eigenvalue weighted by Crippen LogP contribution is -2.39. The summed E-state index contributed by atoms with van der Waals surface area (Å²) in [6.07, 6.45) is 5.05. The van der Waals surface area contributed by atoms with Gasteiger partial charge in [0, 0.05) is 24.7 Å². The Bertz CT molecular complexity index is 979. The fourth-order valence-electron chi connectivity index (χ4n) is 3.95. The van der Waals surface area contributed by atoms with Crippen LogP contribution in [0.4, 0.5) is 0 Å². The van der Waals surface area contributed by atoms with Crippen LogP contribution in [0, 0.1) is 12.8 Å². The van der Waals surface area contributed by atoms with Crippen LogP contribution in [0.1, 0.15) is 35.4 Å². The normalized spacial score (nSPS) is 14.3. The van der Waals surface area contributed by atoms with Gasteiger partial charge in [0.2, 0.25) is 0 Å². The number of hydrogen-bond acceptors (Lipinski definition) is 5. The number of hydrogen-bond donors (Lipinski definition) is 1. The zero-order valence-electron chi connectivity index (χ0n) is 17.2. The van der Waals surface area contributed by atoms with Crippen LogP contribution in [0.5, 0.6) is 0 Å². The maximum absolute atomic E-state index is 13.0. The Kier molecular flexibility index (Phi) is 8.58. The smallest absolute Gasteiger partial charge is 0.276 e. The number of carbonyl (C=O) groups is 1. The van der Waals surface area contributed by atoms with Gasteiger partial charge >= 0.3 is 0 Å². The van der Waals surface area contributed by atoms with Crippen molar-refractivity contribution in [2.24, 2.45) is 5.92 Å². The van der Waals surface area contributed by atoms with Crippen molar-refractivity contribution in [2.75, 3.05) is 26.7 Å². The van der Waals surface area contributed by atoms with E-state index < -0.39 is 0 Å². The Morgan fingerprint density at radius 2 is 1.93 bits per heavy atom. The summed E-state index contributed by atoms with van der Waals surface area (Å²) in [5.74, 6) is 0.672. The zero-order chi connectivity index (χ0) is 19.5. The number of halogens is 2. The van der Waals surface area contributed by atoms with Crippen LogP contribution < -0.4 is 5.32 Å². The van der Waals surface area contributed by atoms with Crippen LogP contribution in [0.2, 0.25) is 0 Å². The number of fused-ring (bicyclic) bond motifs is 1. The summed E-state index contributed by atoms with van der Waals surface area (Å²) < 4.78 is 1.75. The number of nitrogens with zero attached hydrogens (tertiary/aromatic N) is 5. The molecule has 0 spiro atoms. The predicted octanol–water partition coefficient (Wildman–Crippen LogP) is 3.43. The van der Waals surface area contributed by atoms with Crippen molar-refractivity contribution in [2.45, 2.75) is 26.2 Å². The highest BCUT2D eigenvalue weighted by atomic mass is 35.5. The number of rotatable bonds is 5. The molecule has 0 saturated carbocycles. The highest BCUT2D eigenvalue weighted by molar-refractivity contribution is 5.94. The minimum Gasteiger partial charge on any atom is -0.337 e. The molecule has 0 bridgehead atoms. The number of pyridine rings is 1. The number of benzene rings is 1. The summed E-state index contributed by atoms with van der Waals surface area (Å²) in [6, 6.07) is 9.81. The van der Waals surface area contributed by atoms with E-state index in [4.69, 9.17) is 0 Å². The van der Waals surface area contributed by atoms with Gasteiger partial charge in [0.1, 0.15) is 0 Å². The van der Waals surface area contributed by atoms with Crippen LogP contribution >= 0.6 is 24.8 Å². The second kappa shape index (κ2) is 10.7. The highest BCUT2D eigenvalue weighted by Crippen LogP contribution is 2.24. The third-order valence-corrected chi connectivity index (χ3v) is 5.65. The summed E-state index contributed by atoms with van der Waals surface area (Å²) in [7, 11) is 1.98. The molecule has 0 unspecified atom stereocenters. The van der Waals surface area contributed by atoms with E-state index in [-0.39, 0.29) is 30.7 Å². The predicted molar refractivity (Wildman–Crippen MR) is 123 cm³/mol. The van der Waals surface area contributed by atoms with Crippen molar-refractivity contribution >= 4 is 41.6 Å². The molecule has 1 aliphatic rings. The number of amides is 1. The first kappa shape index (κ1) is 24.1. The molecule has 4 rings (SSSR count). The molecule has 3 heterocycles. The Balaban J connectivity index is 0.00000160. The van der Waals surface area contributed by atoms with Crippen LogP contribution in [-0.2, 0) is 0 Å². The van der Waals surface area contributed by atoms with Gasteiger partial charge in [-0.2, -0.15) is 0 Å². The lowest BCUT2D eigenvalue weighted by atomic mass is 9.93. The molecule has 1 aliphatic heterocycles. The summed E-state index contributed by atoms with van der Waals surface area (Å²) in [4.78, 5) is 19.4. The standard InChI is InChI=1S/C21H26N6O.2ClH/c1-15-20(21(28)26-13-9-16(10-14-26)8-12-22-2)24-25-27(15)19-7-3-6-18-17(19)5-4-11-23-18;;/h3-7,11,16,22H,8-10,12-14H2,1-2H3;2*1H. The van der Waals surface area contributed by atoms with Crippen molar-refractivity contribution in [3.05, 3.63) is 47.9 Å². The second-order valence-corrected chi connectivity index (χ2v) is 7.41. The van der Waals surface area contributed by atoms with Crippen LogP contribution in [0.3, 0.4) is 0 Å². The van der Waals surface area contributed by atoms with Crippen molar-refractivity contribution in [1.82, 2.24) is 30.2 Å². The lowest BCUT2D eigenvalue weighted by Gasteiger charge is -2.31. The maximum atomic E-state index is 13.0. The van der Waals surface area contributed by atoms with E-state index in [0.29, 0.717) is 11.6 Å². The van der Waals surface area contributed by atoms with Gasteiger partial charge in [0.05, 0.1) is 16.9 Å². The van der Waals surface area contributed by atoms with Crippen LogP contribution in [0.25, 0.3) is 16.6 Å². The van der Waals surface area contributed by atoms with Gasteiger partial charge in [-0.05, 0) is 70.0 Å². The molecule has 1 aromatic carbocycles. The second-order valence-electron chi connectivity index (χ2n) is 7.41. The van der Waals surface area contributed by atoms with Gasteiger partial charge in [-0.3, -0.25) is 9.78 Å². The molecular weight excluding hydrogens is 423 g/mol. The van der Waals surface area contributed by atoms with Crippen LogP contribution in [-0.4, -0.2) is 57.5 Å². The van der Waals surface area contributed by atoms with Crippen molar-refractivity contribution < 1.29 is 4.79 Å². The van der Waals surface area contributed by atoms with Gasteiger partial charge in [0.25, 0.3) is 5.91 Å². The molecule has 1 fully saturated rings. The molecule has 9 heteroatoms. The molecule has 3 aromatic rings. The van der Waals surface area contributed by atoms with Gasteiger partial charge < -0.3 is 10.2 Å². The molecule has 7 nitrogen and oxygen atoms in total. The molecule has 0 aliphatic carbocycles. The Hall–Kier alpha value is -2.22. The van der Waals surface area contributed by atoms with E-state index in [1.165, 1.54) is 6.42 Å². The minimum atomic E-state index is -0.0193. The summed E-state index contributed by atoms with van der Waals surface area (Å²) in [6.45, 7) is 4.52. The first-order chi connectivity index (χ1) is 13.7. The molecule has 1 saturated heterocycles. The van der Waals surface area contributed by atoms with E-state index in [2.05, 4.69) is 20.6 Å². The lowest BCUT2D eigenvalue weighted by molar-refractivity contribution is 0.0680. The van der Waals surface area contributed by atoms with E-state index in [9.17, 15) is 4.79 Å². The monoisotopic (exact) mass is 450 g/mol. The van der Waals surface area contributed by atoms with E-state index in [0.717, 1.165) is 54.8 Å². The number of piperidine rings is 1. The largest absolute Gasteiger partial charge is 0.337 e. The van der Waals surface area contributed by atoms with Crippen molar-refractivity contribution in [3.63, 3.8) is 0 Å². The first-order valence-corrected chi connectivity index (χ1v) is 9.89. The Morgan fingerprint density at radius 3 is 2.67 bits per heavy atom. The number of carbonyl (C=O) groups excluding carboxylic acids is 1. The van der Waals surface area contributed by atoms with E-state index >= 15 is 0 Å². The fraction of sp³-hybridized carbons (Fsp3) is 0.429. The summed E-state index contributed by atoms with van der Waals surface area (Å²) >= 11 is 0. The molecule has 1 amide bonds. The Morgan fingerprint density at radius 1 is 1.17 bits per heavy atom. The maximum Gasteiger partial charge on any atom is 0.276 e. The van der Waals surface area contributed by atoms with Gasteiger partial charge in [-0.1, -0.05) is 11.3 Å². The molecule has 2 aromatic heterocycles. The quantitative estimate of drug-likeness (QED) is 0.644. The number of aromatic nitrogens is 4. The Labute approximate surface area is 189 Å². The SMILES string of the molecule is CNCCC1CCN(C(=O)c2nnn(-c3cccc4ncccc34)c2C)CC1.Cl.Cl. The third kappa shape index (κ3) is 4.74.